The van der Waals surface area contributed by atoms with Crippen molar-refractivity contribution in [2.45, 2.75) is 19.9 Å². The van der Waals surface area contributed by atoms with Crippen LogP contribution < -0.4 is 5.32 Å². The van der Waals surface area contributed by atoms with E-state index in [1.165, 1.54) is 11.1 Å². The number of anilines is 1. The number of amides is 1. The molecule has 3 rings (SSSR count). The molecular formula is C20H22N2O. The standard InChI is InChI=1S/C20H22N2O/c1-15-5-3-4-6-16(15)8-10-20(23)21-19-9-7-17-11-12-22(2)14-18(17)13-19/h3-10,13H,11-12,14H2,1-2H3,(H,21,23)/b10-8+. The highest BCUT2D eigenvalue weighted by molar-refractivity contribution is 6.02. The molecule has 2 aromatic rings. The lowest BCUT2D eigenvalue weighted by Gasteiger charge is -2.25. The zero-order valence-corrected chi connectivity index (χ0v) is 13.7. The van der Waals surface area contributed by atoms with Gasteiger partial charge in [-0.3, -0.25) is 4.79 Å². The fourth-order valence-electron chi connectivity index (χ4n) is 2.90. The molecule has 0 aromatic heterocycles. The van der Waals surface area contributed by atoms with Gasteiger partial charge in [0, 0.05) is 24.9 Å². The molecule has 1 amide bonds. The van der Waals surface area contributed by atoms with E-state index in [1.54, 1.807) is 6.08 Å². The molecular weight excluding hydrogens is 284 g/mol. The molecule has 0 radical (unpaired) electrons. The molecule has 0 aliphatic carbocycles. The van der Waals surface area contributed by atoms with Crippen molar-refractivity contribution in [1.82, 2.24) is 4.90 Å². The summed E-state index contributed by atoms with van der Waals surface area (Å²) >= 11 is 0. The second-order valence-corrected chi connectivity index (χ2v) is 6.15. The third kappa shape index (κ3) is 3.88. The van der Waals surface area contributed by atoms with Gasteiger partial charge in [0.15, 0.2) is 0 Å². The maximum atomic E-state index is 12.1. The van der Waals surface area contributed by atoms with Gasteiger partial charge in [-0.05, 0) is 60.9 Å². The smallest absolute Gasteiger partial charge is 0.248 e. The molecule has 118 valence electrons. The normalized spacial score (nSPS) is 14.7. The van der Waals surface area contributed by atoms with Crippen molar-refractivity contribution >= 4 is 17.7 Å². The Morgan fingerprint density at radius 1 is 1.17 bits per heavy atom. The van der Waals surface area contributed by atoms with Crippen LogP contribution in [0, 0.1) is 6.92 Å². The van der Waals surface area contributed by atoms with Crippen LogP contribution in [0.25, 0.3) is 6.08 Å². The quantitative estimate of drug-likeness (QED) is 0.878. The molecule has 0 fully saturated rings. The third-order valence-corrected chi connectivity index (χ3v) is 4.28. The van der Waals surface area contributed by atoms with Crippen molar-refractivity contribution in [3.05, 3.63) is 70.8 Å². The summed E-state index contributed by atoms with van der Waals surface area (Å²) in [7, 11) is 2.12. The summed E-state index contributed by atoms with van der Waals surface area (Å²) in [6.45, 7) is 4.08. The van der Waals surface area contributed by atoms with Gasteiger partial charge in [-0.15, -0.1) is 0 Å². The molecule has 3 nitrogen and oxygen atoms in total. The largest absolute Gasteiger partial charge is 0.323 e. The summed E-state index contributed by atoms with van der Waals surface area (Å²) in [6.07, 6.45) is 4.53. The van der Waals surface area contributed by atoms with Gasteiger partial charge in [0.25, 0.3) is 0 Å². The van der Waals surface area contributed by atoms with Crippen LogP contribution in [0.5, 0.6) is 0 Å². The average Bonchev–Trinajstić information content (AvgIpc) is 2.54. The van der Waals surface area contributed by atoms with Crippen LogP contribution in [0.3, 0.4) is 0 Å². The predicted octanol–water partition coefficient (Wildman–Crippen LogP) is 3.63. The Labute approximate surface area is 137 Å². The minimum atomic E-state index is -0.0997. The van der Waals surface area contributed by atoms with E-state index >= 15 is 0 Å². The zero-order valence-electron chi connectivity index (χ0n) is 13.7. The summed E-state index contributed by atoms with van der Waals surface area (Å²) in [4.78, 5) is 14.4. The number of fused-ring (bicyclic) bond motifs is 1. The van der Waals surface area contributed by atoms with E-state index in [2.05, 4.69) is 29.4 Å². The Morgan fingerprint density at radius 3 is 2.83 bits per heavy atom. The van der Waals surface area contributed by atoms with E-state index in [1.807, 2.05) is 43.3 Å². The number of rotatable bonds is 3. The Morgan fingerprint density at radius 2 is 2.00 bits per heavy atom. The number of carbonyl (C=O) groups excluding carboxylic acids is 1. The van der Waals surface area contributed by atoms with Gasteiger partial charge >= 0.3 is 0 Å². The van der Waals surface area contributed by atoms with Crippen molar-refractivity contribution in [3.8, 4) is 0 Å². The number of hydrogen-bond donors (Lipinski definition) is 1. The van der Waals surface area contributed by atoms with E-state index in [4.69, 9.17) is 0 Å². The van der Waals surface area contributed by atoms with Crippen molar-refractivity contribution < 1.29 is 4.79 Å². The van der Waals surface area contributed by atoms with Crippen LogP contribution >= 0.6 is 0 Å². The Bertz CT molecular complexity index is 749. The van der Waals surface area contributed by atoms with E-state index in [0.717, 1.165) is 36.3 Å². The van der Waals surface area contributed by atoms with Crippen molar-refractivity contribution in [2.75, 3.05) is 18.9 Å². The second-order valence-electron chi connectivity index (χ2n) is 6.15. The van der Waals surface area contributed by atoms with Gasteiger partial charge in [0.05, 0.1) is 0 Å². The first-order chi connectivity index (χ1) is 11.1. The van der Waals surface area contributed by atoms with Crippen LogP contribution in [-0.2, 0) is 17.8 Å². The lowest BCUT2D eigenvalue weighted by atomic mass is 9.99. The number of hydrogen-bond acceptors (Lipinski definition) is 2. The highest BCUT2D eigenvalue weighted by Gasteiger charge is 2.13. The molecule has 1 N–H and O–H groups in total. The first-order valence-electron chi connectivity index (χ1n) is 7.97. The molecule has 1 aliphatic rings. The summed E-state index contributed by atoms with van der Waals surface area (Å²) < 4.78 is 0. The third-order valence-electron chi connectivity index (χ3n) is 4.28. The predicted molar refractivity (Wildman–Crippen MR) is 95.3 cm³/mol. The fourth-order valence-corrected chi connectivity index (χ4v) is 2.90. The fraction of sp³-hybridized carbons (Fsp3) is 0.250. The van der Waals surface area contributed by atoms with Gasteiger partial charge in [0.2, 0.25) is 5.91 Å². The highest BCUT2D eigenvalue weighted by atomic mass is 16.1. The molecule has 3 heteroatoms. The number of likely N-dealkylation sites (N-methyl/N-ethyl adjacent to an activating group) is 1. The van der Waals surface area contributed by atoms with E-state index in [0.29, 0.717) is 0 Å². The molecule has 1 heterocycles. The molecule has 0 atom stereocenters. The maximum Gasteiger partial charge on any atom is 0.248 e. The summed E-state index contributed by atoms with van der Waals surface area (Å²) in [5.41, 5.74) is 5.78. The highest BCUT2D eigenvalue weighted by Crippen LogP contribution is 2.22. The number of nitrogens with one attached hydrogen (secondary N) is 1. The number of nitrogens with zero attached hydrogens (tertiary/aromatic N) is 1. The Balaban J connectivity index is 1.69. The van der Waals surface area contributed by atoms with Crippen molar-refractivity contribution in [3.63, 3.8) is 0 Å². The molecule has 2 aromatic carbocycles. The SMILES string of the molecule is Cc1ccccc1/C=C/C(=O)Nc1ccc2c(c1)CN(C)CC2. The molecule has 0 bridgehead atoms. The minimum Gasteiger partial charge on any atom is -0.323 e. The van der Waals surface area contributed by atoms with Crippen molar-refractivity contribution in [1.29, 1.82) is 0 Å². The van der Waals surface area contributed by atoms with E-state index in [9.17, 15) is 4.79 Å². The van der Waals surface area contributed by atoms with Gasteiger partial charge < -0.3 is 10.2 Å². The lowest BCUT2D eigenvalue weighted by molar-refractivity contribution is -0.111. The first kappa shape index (κ1) is 15.5. The molecule has 0 saturated carbocycles. The topological polar surface area (TPSA) is 32.3 Å². The van der Waals surface area contributed by atoms with Gasteiger partial charge in [-0.25, -0.2) is 0 Å². The molecule has 1 aliphatic heterocycles. The monoisotopic (exact) mass is 306 g/mol. The summed E-state index contributed by atoms with van der Waals surface area (Å²) in [5, 5.41) is 2.95. The molecule has 0 unspecified atom stereocenters. The minimum absolute atomic E-state index is 0.0997. The summed E-state index contributed by atoms with van der Waals surface area (Å²) in [5.74, 6) is -0.0997. The Kier molecular flexibility index (Phi) is 4.58. The van der Waals surface area contributed by atoms with Gasteiger partial charge in [-0.1, -0.05) is 30.3 Å². The van der Waals surface area contributed by atoms with Crippen LogP contribution in [0.1, 0.15) is 22.3 Å². The zero-order chi connectivity index (χ0) is 16.2. The van der Waals surface area contributed by atoms with E-state index in [-0.39, 0.29) is 5.91 Å². The second kappa shape index (κ2) is 6.80. The van der Waals surface area contributed by atoms with Crippen LogP contribution in [-0.4, -0.2) is 24.4 Å². The van der Waals surface area contributed by atoms with Gasteiger partial charge in [0.1, 0.15) is 0 Å². The van der Waals surface area contributed by atoms with Gasteiger partial charge in [-0.2, -0.15) is 0 Å². The van der Waals surface area contributed by atoms with Crippen LogP contribution in [0.15, 0.2) is 48.5 Å². The summed E-state index contributed by atoms with van der Waals surface area (Å²) in [6, 6.07) is 14.2. The first-order valence-corrected chi connectivity index (χ1v) is 7.97. The number of aryl methyl sites for hydroxylation is 1. The number of carbonyl (C=O) groups is 1. The number of benzene rings is 2. The van der Waals surface area contributed by atoms with E-state index < -0.39 is 0 Å². The average molecular weight is 306 g/mol. The molecule has 0 spiro atoms. The lowest BCUT2D eigenvalue weighted by Crippen LogP contribution is -2.26. The Hall–Kier alpha value is -2.39. The maximum absolute atomic E-state index is 12.1. The molecule has 23 heavy (non-hydrogen) atoms. The molecule has 0 saturated heterocycles. The van der Waals surface area contributed by atoms with Crippen LogP contribution in [0.2, 0.25) is 0 Å². The van der Waals surface area contributed by atoms with Crippen molar-refractivity contribution in [2.24, 2.45) is 0 Å². The van der Waals surface area contributed by atoms with Crippen LogP contribution in [0.4, 0.5) is 5.69 Å².